The second-order valence-electron chi connectivity index (χ2n) is 5.12. The Hall–Kier alpha value is -2.55. The number of nitrogens with one attached hydrogen (secondary N) is 1. The summed E-state index contributed by atoms with van der Waals surface area (Å²) in [5, 5.41) is 2.86. The first-order valence-electron chi connectivity index (χ1n) is 7.37. The number of carbonyl (C=O) groups is 1. The Kier molecular flexibility index (Phi) is 5.37. The molecule has 0 spiro atoms. The minimum Gasteiger partial charge on any atom is -0.494 e. The average Bonchev–Trinajstić information content (AvgIpc) is 2.51. The SMILES string of the molecule is CCOc1ccc(/C=C/C(=O)Nc2ccc(C)c(C)c2)cc1. The molecule has 0 aromatic heterocycles. The molecular formula is C19H21NO2. The zero-order valence-electron chi connectivity index (χ0n) is 13.2. The van der Waals surface area contributed by atoms with Crippen LogP contribution in [-0.2, 0) is 4.79 Å². The van der Waals surface area contributed by atoms with Crippen LogP contribution in [0.4, 0.5) is 5.69 Å². The molecule has 22 heavy (non-hydrogen) atoms. The van der Waals surface area contributed by atoms with Gasteiger partial charge in [0.2, 0.25) is 5.91 Å². The lowest BCUT2D eigenvalue weighted by Gasteiger charge is -2.05. The van der Waals surface area contributed by atoms with Gasteiger partial charge in [-0.05, 0) is 67.8 Å². The second-order valence-corrected chi connectivity index (χ2v) is 5.12. The largest absolute Gasteiger partial charge is 0.494 e. The topological polar surface area (TPSA) is 38.3 Å². The Bertz CT molecular complexity index is 672. The first-order valence-corrected chi connectivity index (χ1v) is 7.37. The zero-order chi connectivity index (χ0) is 15.9. The highest BCUT2D eigenvalue weighted by Gasteiger charge is 2.00. The van der Waals surface area contributed by atoms with Gasteiger partial charge in [-0.2, -0.15) is 0 Å². The monoisotopic (exact) mass is 295 g/mol. The highest BCUT2D eigenvalue weighted by Crippen LogP contribution is 2.15. The Labute approximate surface area is 131 Å². The third-order valence-electron chi connectivity index (χ3n) is 3.39. The number of aryl methyl sites for hydroxylation is 2. The summed E-state index contributed by atoms with van der Waals surface area (Å²) >= 11 is 0. The lowest BCUT2D eigenvalue weighted by Crippen LogP contribution is -2.07. The van der Waals surface area contributed by atoms with E-state index in [2.05, 4.69) is 5.32 Å². The molecule has 0 saturated heterocycles. The van der Waals surface area contributed by atoms with Crippen LogP contribution in [0.25, 0.3) is 6.08 Å². The van der Waals surface area contributed by atoms with E-state index in [1.807, 2.05) is 63.2 Å². The van der Waals surface area contributed by atoms with Crippen molar-refractivity contribution in [2.45, 2.75) is 20.8 Å². The normalized spacial score (nSPS) is 10.7. The molecule has 0 aliphatic rings. The molecule has 0 atom stereocenters. The van der Waals surface area contributed by atoms with Crippen LogP contribution in [-0.4, -0.2) is 12.5 Å². The highest BCUT2D eigenvalue weighted by molar-refractivity contribution is 6.01. The third kappa shape index (κ3) is 4.48. The summed E-state index contributed by atoms with van der Waals surface area (Å²) < 4.78 is 5.38. The highest BCUT2D eigenvalue weighted by atomic mass is 16.5. The molecule has 0 unspecified atom stereocenters. The van der Waals surface area contributed by atoms with Gasteiger partial charge in [0.25, 0.3) is 0 Å². The molecule has 0 bridgehead atoms. The average molecular weight is 295 g/mol. The Morgan fingerprint density at radius 1 is 1.09 bits per heavy atom. The van der Waals surface area contributed by atoms with Crippen LogP contribution in [0.1, 0.15) is 23.6 Å². The van der Waals surface area contributed by atoms with Crippen LogP contribution in [0.15, 0.2) is 48.5 Å². The number of anilines is 1. The summed E-state index contributed by atoms with van der Waals surface area (Å²) in [6, 6.07) is 13.5. The van der Waals surface area contributed by atoms with E-state index in [1.165, 1.54) is 11.6 Å². The number of rotatable bonds is 5. The summed E-state index contributed by atoms with van der Waals surface area (Å²) in [6.45, 7) is 6.67. The summed E-state index contributed by atoms with van der Waals surface area (Å²) in [4.78, 5) is 11.9. The van der Waals surface area contributed by atoms with Crippen molar-refractivity contribution in [2.24, 2.45) is 0 Å². The van der Waals surface area contributed by atoms with Gasteiger partial charge in [-0.25, -0.2) is 0 Å². The lowest BCUT2D eigenvalue weighted by atomic mass is 10.1. The fourth-order valence-corrected chi connectivity index (χ4v) is 2.02. The van der Waals surface area contributed by atoms with E-state index in [0.717, 1.165) is 22.6 Å². The molecule has 0 radical (unpaired) electrons. The molecule has 1 amide bonds. The number of hydrogen-bond donors (Lipinski definition) is 1. The maximum absolute atomic E-state index is 11.9. The standard InChI is InChI=1S/C19H21NO2/c1-4-22-18-10-6-16(7-11-18)8-12-19(21)20-17-9-5-14(2)15(3)13-17/h5-13H,4H2,1-3H3,(H,20,21)/b12-8+. The van der Waals surface area contributed by atoms with Crippen LogP contribution < -0.4 is 10.1 Å². The smallest absolute Gasteiger partial charge is 0.248 e. The summed E-state index contributed by atoms with van der Waals surface area (Å²) in [5.74, 6) is 0.691. The number of benzene rings is 2. The van der Waals surface area contributed by atoms with Gasteiger partial charge in [-0.1, -0.05) is 18.2 Å². The predicted octanol–water partition coefficient (Wildman–Crippen LogP) is 4.35. The summed E-state index contributed by atoms with van der Waals surface area (Å²) in [7, 11) is 0. The molecule has 114 valence electrons. The predicted molar refractivity (Wildman–Crippen MR) is 91.2 cm³/mol. The molecule has 2 aromatic carbocycles. The van der Waals surface area contributed by atoms with Gasteiger partial charge in [0, 0.05) is 11.8 Å². The molecule has 3 nitrogen and oxygen atoms in total. The van der Waals surface area contributed by atoms with Gasteiger partial charge < -0.3 is 10.1 Å². The lowest BCUT2D eigenvalue weighted by molar-refractivity contribution is -0.111. The molecule has 0 fully saturated rings. The molecule has 3 heteroatoms. The van der Waals surface area contributed by atoms with Gasteiger partial charge in [-0.3, -0.25) is 4.79 Å². The van der Waals surface area contributed by atoms with Crippen molar-refractivity contribution in [1.29, 1.82) is 0 Å². The van der Waals surface area contributed by atoms with Crippen molar-refractivity contribution in [3.8, 4) is 5.75 Å². The van der Waals surface area contributed by atoms with Crippen LogP contribution in [0.3, 0.4) is 0 Å². The van der Waals surface area contributed by atoms with Crippen molar-refractivity contribution in [3.63, 3.8) is 0 Å². The van der Waals surface area contributed by atoms with Crippen molar-refractivity contribution in [3.05, 3.63) is 65.2 Å². The van der Waals surface area contributed by atoms with Gasteiger partial charge in [0.15, 0.2) is 0 Å². The summed E-state index contributed by atoms with van der Waals surface area (Å²) in [6.07, 6.45) is 3.32. The van der Waals surface area contributed by atoms with Crippen molar-refractivity contribution >= 4 is 17.7 Å². The Morgan fingerprint density at radius 3 is 2.45 bits per heavy atom. The number of ether oxygens (including phenoxy) is 1. The van der Waals surface area contributed by atoms with E-state index >= 15 is 0 Å². The number of hydrogen-bond acceptors (Lipinski definition) is 2. The first-order chi connectivity index (χ1) is 10.6. The molecular weight excluding hydrogens is 274 g/mol. The van der Waals surface area contributed by atoms with Crippen molar-refractivity contribution < 1.29 is 9.53 Å². The van der Waals surface area contributed by atoms with E-state index in [-0.39, 0.29) is 5.91 Å². The molecule has 0 aliphatic heterocycles. The first kappa shape index (κ1) is 15.8. The van der Waals surface area contributed by atoms with Crippen LogP contribution in [0.2, 0.25) is 0 Å². The minimum absolute atomic E-state index is 0.142. The van der Waals surface area contributed by atoms with Gasteiger partial charge in [0.05, 0.1) is 6.61 Å². The van der Waals surface area contributed by atoms with Gasteiger partial charge in [-0.15, -0.1) is 0 Å². The van der Waals surface area contributed by atoms with Gasteiger partial charge in [0.1, 0.15) is 5.75 Å². The Balaban J connectivity index is 1.97. The fraction of sp³-hybridized carbons (Fsp3) is 0.211. The molecule has 0 saturated carbocycles. The van der Waals surface area contributed by atoms with Gasteiger partial charge >= 0.3 is 0 Å². The van der Waals surface area contributed by atoms with E-state index in [0.29, 0.717) is 6.61 Å². The van der Waals surface area contributed by atoms with E-state index in [1.54, 1.807) is 6.08 Å². The van der Waals surface area contributed by atoms with E-state index in [4.69, 9.17) is 4.74 Å². The fourth-order valence-electron chi connectivity index (χ4n) is 2.02. The molecule has 2 rings (SSSR count). The van der Waals surface area contributed by atoms with E-state index < -0.39 is 0 Å². The quantitative estimate of drug-likeness (QED) is 0.833. The molecule has 0 aliphatic carbocycles. The molecule has 1 N–H and O–H groups in total. The van der Waals surface area contributed by atoms with Crippen LogP contribution >= 0.6 is 0 Å². The van der Waals surface area contributed by atoms with Crippen LogP contribution in [0.5, 0.6) is 5.75 Å². The van der Waals surface area contributed by atoms with Crippen molar-refractivity contribution in [2.75, 3.05) is 11.9 Å². The number of amides is 1. The third-order valence-corrected chi connectivity index (χ3v) is 3.39. The maximum Gasteiger partial charge on any atom is 0.248 e. The maximum atomic E-state index is 11.9. The van der Waals surface area contributed by atoms with E-state index in [9.17, 15) is 4.79 Å². The molecule has 2 aromatic rings. The number of carbonyl (C=O) groups excluding carboxylic acids is 1. The minimum atomic E-state index is -0.142. The van der Waals surface area contributed by atoms with Crippen molar-refractivity contribution in [1.82, 2.24) is 0 Å². The molecule has 0 heterocycles. The Morgan fingerprint density at radius 2 is 1.82 bits per heavy atom. The van der Waals surface area contributed by atoms with Crippen LogP contribution in [0, 0.1) is 13.8 Å². The zero-order valence-corrected chi connectivity index (χ0v) is 13.2. The second kappa shape index (κ2) is 7.46. The summed E-state index contributed by atoms with van der Waals surface area (Å²) in [5.41, 5.74) is 4.14.